The maximum absolute atomic E-state index is 12.9. The first kappa shape index (κ1) is 19.7. The van der Waals surface area contributed by atoms with E-state index < -0.39 is 11.2 Å². The number of H-pyrrole nitrogens is 1. The molecule has 2 aromatic rings. The third-order valence-electron chi connectivity index (χ3n) is 4.96. The Morgan fingerprint density at radius 3 is 2.68 bits per heavy atom. The van der Waals surface area contributed by atoms with Gasteiger partial charge in [0, 0.05) is 13.0 Å². The zero-order valence-corrected chi connectivity index (χ0v) is 16.1. The van der Waals surface area contributed by atoms with E-state index in [0.717, 1.165) is 18.4 Å². The van der Waals surface area contributed by atoms with Crippen molar-refractivity contribution in [3.63, 3.8) is 0 Å². The van der Waals surface area contributed by atoms with E-state index in [1.54, 1.807) is 0 Å². The molecular formula is C21H26N4O3. The van der Waals surface area contributed by atoms with Crippen LogP contribution in [-0.4, -0.2) is 22.0 Å². The second kappa shape index (κ2) is 8.73. The smallest absolute Gasteiger partial charge is 0.330 e. The molecule has 7 nitrogen and oxygen atoms in total. The van der Waals surface area contributed by atoms with Crippen molar-refractivity contribution in [3.8, 4) is 0 Å². The molecule has 3 rings (SSSR count). The highest BCUT2D eigenvalue weighted by molar-refractivity contribution is 5.95. The van der Waals surface area contributed by atoms with Gasteiger partial charge in [-0.25, -0.2) is 4.79 Å². The number of allylic oxidation sites excluding steroid dienone is 2. The summed E-state index contributed by atoms with van der Waals surface area (Å²) in [6.45, 7) is 2.51. The van der Waals surface area contributed by atoms with Crippen molar-refractivity contribution in [1.29, 1.82) is 0 Å². The van der Waals surface area contributed by atoms with Gasteiger partial charge in [0.15, 0.2) is 5.69 Å². The predicted octanol–water partition coefficient (Wildman–Crippen LogP) is 2.27. The number of nitrogens with one attached hydrogen (secondary N) is 1. The van der Waals surface area contributed by atoms with Crippen molar-refractivity contribution in [2.24, 2.45) is 5.92 Å². The Morgan fingerprint density at radius 1 is 1.29 bits per heavy atom. The van der Waals surface area contributed by atoms with E-state index in [4.69, 9.17) is 5.73 Å². The van der Waals surface area contributed by atoms with E-state index in [-0.39, 0.29) is 29.9 Å². The Bertz CT molecular complexity index is 975. The summed E-state index contributed by atoms with van der Waals surface area (Å²) in [4.78, 5) is 41.6. The van der Waals surface area contributed by atoms with Gasteiger partial charge >= 0.3 is 5.69 Å². The molecule has 0 spiro atoms. The second-order valence-electron chi connectivity index (χ2n) is 7.08. The SMILES string of the molecule is CCCN(C(=O)C[C@H]1C=CCC1)c1c(N)n(Cc2ccccc2)c(=O)[nH]c1=O. The van der Waals surface area contributed by atoms with Crippen molar-refractivity contribution in [1.82, 2.24) is 9.55 Å². The van der Waals surface area contributed by atoms with E-state index in [0.29, 0.717) is 19.4 Å². The highest BCUT2D eigenvalue weighted by atomic mass is 16.2. The molecule has 0 saturated heterocycles. The Kier molecular flexibility index (Phi) is 6.13. The van der Waals surface area contributed by atoms with Crippen LogP contribution in [0.4, 0.5) is 11.5 Å². The molecule has 1 aromatic carbocycles. The lowest BCUT2D eigenvalue weighted by Gasteiger charge is -2.25. The van der Waals surface area contributed by atoms with Crippen molar-refractivity contribution < 1.29 is 4.79 Å². The summed E-state index contributed by atoms with van der Waals surface area (Å²) in [6.07, 6.45) is 7.02. The van der Waals surface area contributed by atoms with Gasteiger partial charge in [-0.2, -0.15) is 0 Å². The van der Waals surface area contributed by atoms with Crippen molar-refractivity contribution >= 4 is 17.4 Å². The number of nitrogens with two attached hydrogens (primary N) is 1. The van der Waals surface area contributed by atoms with E-state index in [2.05, 4.69) is 11.1 Å². The van der Waals surface area contributed by atoms with Crippen molar-refractivity contribution in [3.05, 3.63) is 68.9 Å². The van der Waals surface area contributed by atoms with Crippen LogP contribution in [0.25, 0.3) is 0 Å². The van der Waals surface area contributed by atoms with Gasteiger partial charge in [-0.3, -0.25) is 19.1 Å². The molecule has 1 aliphatic rings. The molecule has 28 heavy (non-hydrogen) atoms. The molecule has 1 amide bonds. The minimum atomic E-state index is -0.629. The van der Waals surface area contributed by atoms with Crippen LogP contribution >= 0.6 is 0 Å². The lowest BCUT2D eigenvalue weighted by molar-refractivity contribution is -0.119. The molecule has 0 radical (unpaired) electrons. The second-order valence-corrected chi connectivity index (χ2v) is 7.08. The number of rotatable bonds is 7. The Hall–Kier alpha value is -3.09. The topological polar surface area (TPSA) is 101 Å². The van der Waals surface area contributed by atoms with Gasteiger partial charge < -0.3 is 10.6 Å². The molecule has 0 unspecified atom stereocenters. The molecule has 0 saturated carbocycles. The highest BCUT2D eigenvalue weighted by Crippen LogP contribution is 2.24. The van der Waals surface area contributed by atoms with Crippen molar-refractivity contribution in [2.45, 2.75) is 39.2 Å². The molecular weight excluding hydrogens is 356 g/mol. The normalized spacial score (nSPS) is 15.7. The number of hydrogen-bond acceptors (Lipinski definition) is 4. The number of amides is 1. The molecule has 3 N–H and O–H groups in total. The van der Waals surface area contributed by atoms with Gasteiger partial charge in [-0.15, -0.1) is 0 Å². The van der Waals surface area contributed by atoms with E-state index in [1.807, 2.05) is 43.3 Å². The molecule has 7 heteroatoms. The first-order chi connectivity index (χ1) is 13.5. The molecule has 0 aliphatic heterocycles. The number of nitrogen functional groups attached to an aromatic ring is 1. The van der Waals surface area contributed by atoms with Crippen LogP contribution in [-0.2, 0) is 11.3 Å². The third kappa shape index (κ3) is 4.24. The van der Waals surface area contributed by atoms with Crippen molar-refractivity contribution in [2.75, 3.05) is 17.2 Å². The minimum Gasteiger partial charge on any atom is -0.383 e. The lowest BCUT2D eigenvalue weighted by atomic mass is 10.0. The van der Waals surface area contributed by atoms with Gasteiger partial charge in [-0.05, 0) is 30.7 Å². The van der Waals surface area contributed by atoms with Crippen LogP contribution in [0.1, 0.15) is 38.2 Å². The minimum absolute atomic E-state index is 0.0152. The standard InChI is InChI=1S/C21H26N4O3/c1-2-12-24(17(26)13-15-8-6-7-9-15)18-19(22)25(21(28)23-20(18)27)14-16-10-4-3-5-11-16/h3-6,8,10-11,15H,2,7,9,12-14,22H2,1H3,(H,23,27,28)/t15-/m0/s1. The molecule has 1 heterocycles. The van der Waals surface area contributed by atoms with Crippen LogP contribution in [0.15, 0.2) is 52.1 Å². The quantitative estimate of drug-likeness (QED) is 0.717. The molecule has 1 aliphatic carbocycles. The molecule has 0 bridgehead atoms. The van der Waals surface area contributed by atoms with Crippen LogP contribution in [0.3, 0.4) is 0 Å². The third-order valence-corrected chi connectivity index (χ3v) is 4.96. The Balaban J connectivity index is 1.98. The van der Waals surface area contributed by atoms with Crippen LogP contribution in [0.2, 0.25) is 0 Å². The maximum atomic E-state index is 12.9. The summed E-state index contributed by atoms with van der Waals surface area (Å²) in [5, 5.41) is 0. The van der Waals surface area contributed by atoms with Gasteiger partial charge in [0.2, 0.25) is 5.91 Å². The van der Waals surface area contributed by atoms with Crippen LogP contribution < -0.4 is 21.9 Å². The largest absolute Gasteiger partial charge is 0.383 e. The van der Waals surface area contributed by atoms with E-state index >= 15 is 0 Å². The summed E-state index contributed by atoms with van der Waals surface area (Å²) in [6, 6.07) is 9.36. The monoisotopic (exact) mass is 382 g/mol. The lowest BCUT2D eigenvalue weighted by Crippen LogP contribution is -2.42. The molecule has 148 valence electrons. The maximum Gasteiger partial charge on any atom is 0.330 e. The number of nitrogens with zero attached hydrogens (tertiary/aromatic N) is 2. The summed E-state index contributed by atoms with van der Waals surface area (Å²) in [7, 11) is 0. The fourth-order valence-electron chi connectivity index (χ4n) is 3.55. The molecule has 0 fully saturated rings. The number of benzene rings is 1. The van der Waals surface area contributed by atoms with Gasteiger partial charge in [0.05, 0.1) is 6.54 Å². The zero-order chi connectivity index (χ0) is 20.1. The predicted molar refractivity (Wildman–Crippen MR) is 110 cm³/mol. The first-order valence-electron chi connectivity index (χ1n) is 9.64. The number of aromatic amines is 1. The Morgan fingerprint density at radius 2 is 2.04 bits per heavy atom. The van der Waals surface area contributed by atoms with Crippen LogP contribution in [0, 0.1) is 5.92 Å². The summed E-state index contributed by atoms with van der Waals surface area (Å²) in [5.74, 6) is 0.0456. The van der Waals surface area contributed by atoms with E-state index in [9.17, 15) is 14.4 Å². The van der Waals surface area contributed by atoms with Crippen LogP contribution in [0.5, 0.6) is 0 Å². The summed E-state index contributed by atoms with van der Waals surface area (Å²) < 4.78 is 1.30. The highest BCUT2D eigenvalue weighted by Gasteiger charge is 2.25. The van der Waals surface area contributed by atoms with Gasteiger partial charge in [-0.1, -0.05) is 49.4 Å². The summed E-state index contributed by atoms with van der Waals surface area (Å²) in [5.41, 5.74) is 5.96. The fourth-order valence-corrected chi connectivity index (χ4v) is 3.55. The Labute approximate surface area is 163 Å². The first-order valence-corrected chi connectivity index (χ1v) is 9.64. The molecule has 1 atom stereocenters. The summed E-state index contributed by atoms with van der Waals surface area (Å²) >= 11 is 0. The fraction of sp³-hybridized carbons (Fsp3) is 0.381. The number of aromatic nitrogens is 2. The number of hydrogen-bond donors (Lipinski definition) is 2. The van der Waals surface area contributed by atoms with Gasteiger partial charge in [0.25, 0.3) is 5.56 Å². The average molecular weight is 382 g/mol. The zero-order valence-electron chi connectivity index (χ0n) is 16.1. The number of carbonyl (C=O) groups excluding carboxylic acids is 1. The average Bonchev–Trinajstić information content (AvgIpc) is 3.18. The molecule has 1 aromatic heterocycles. The van der Waals surface area contributed by atoms with Gasteiger partial charge in [0.1, 0.15) is 5.82 Å². The number of anilines is 2. The van der Waals surface area contributed by atoms with E-state index in [1.165, 1.54) is 9.47 Å². The number of carbonyl (C=O) groups is 1.